The Balaban J connectivity index is 1.64. The van der Waals surface area contributed by atoms with Gasteiger partial charge in [0.05, 0.1) is 18.8 Å². The standard InChI is InChI=1S/C16H18O8/c1-21-15(19)16(20)7-10-12(17)13(24-16)11(23-10)8-22-14(18)9-5-3-2-4-6-9/h2-6,10-13,17,20H,7-8H2,1H3. The summed E-state index contributed by atoms with van der Waals surface area (Å²) in [6.07, 6.45) is -3.91. The Bertz CT molecular complexity index is 618. The van der Waals surface area contributed by atoms with E-state index in [1.807, 2.05) is 0 Å². The highest BCUT2D eigenvalue weighted by molar-refractivity contribution is 5.89. The number of hydrogen-bond acceptors (Lipinski definition) is 8. The molecule has 2 fully saturated rings. The van der Waals surface area contributed by atoms with Crippen LogP contribution in [-0.4, -0.2) is 66.1 Å². The number of aliphatic hydroxyl groups excluding tert-OH is 1. The number of esters is 2. The predicted octanol–water partition coefficient (Wildman–Crippen LogP) is -0.378. The topological polar surface area (TPSA) is 112 Å². The van der Waals surface area contributed by atoms with E-state index in [2.05, 4.69) is 4.74 Å². The molecule has 8 nitrogen and oxygen atoms in total. The third-order valence-corrected chi connectivity index (χ3v) is 4.13. The van der Waals surface area contributed by atoms with Crippen molar-refractivity contribution in [2.75, 3.05) is 13.7 Å². The summed E-state index contributed by atoms with van der Waals surface area (Å²) in [4.78, 5) is 23.6. The molecule has 8 heteroatoms. The molecule has 2 aliphatic heterocycles. The van der Waals surface area contributed by atoms with E-state index in [1.165, 1.54) is 0 Å². The van der Waals surface area contributed by atoms with Gasteiger partial charge < -0.3 is 29.2 Å². The highest BCUT2D eigenvalue weighted by atomic mass is 16.7. The summed E-state index contributed by atoms with van der Waals surface area (Å²) in [5, 5.41) is 20.3. The van der Waals surface area contributed by atoms with E-state index >= 15 is 0 Å². The minimum Gasteiger partial charge on any atom is -0.465 e. The van der Waals surface area contributed by atoms with Crippen molar-refractivity contribution in [1.82, 2.24) is 0 Å². The van der Waals surface area contributed by atoms with Crippen LogP contribution in [0.1, 0.15) is 16.8 Å². The van der Waals surface area contributed by atoms with Gasteiger partial charge in [-0.3, -0.25) is 0 Å². The molecule has 0 aromatic heterocycles. The smallest absolute Gasteiger partial charge is 0.366 e. The SMILES string of the molecule is COC(=O)C1(O)CC2OC(COC(=O)c3ccccc3)C(O1)C2O. The van der Waals surface area contributed by atoms with Crippen molar-refractivity contribution in [3.8, 4) is 0 Å². The van der Waals surface area contributed by atoms with E-state index in [1.54, 1.807) is 30.3 Å². The average Bonchev–Trinajstić information content (AvgIpc) is 2.78. The Kier molecular flexibility index (Phi) is 4.55. The van der Waals surface area contributed by atoms with Crippen molar-refractivity contribution >= 4 is 11.9 Å². The van der Waals surface area contributed by atoms with Crippen LogP contribution in [-0.2, 0) is 23.7 Å². The third kappa shape index (κ3) is 3.01. The van der Waals surface area contributed by atoms with E-state index in [0.29, 0.717) is 5.56 Å². The van der Waals surface area contributed by atoms with Gasteiger partial charge in [-0.25, -0.2) is 9.59 Å². The molecule has 2 aliphatic rings. The average molecular weight is 338 g/mol. The summed E-state index contributed by atoms with van der Waals surface area (Å²) in [6, 6.07) is 8.41. The maximum absolute atomic E-state index is 12.0. The molecule has 2 N–H and O–H groups in total. The summed E-state index contributed by atoms with van der Waals surface area (Å²) >= 11 is 0. The molecule has 0 radical (unpaired) electrons. The molecule has 1 aromatic carbocycles. The van der Waals surface area contributed by atoms with Gasteiger partial charge in [0.1, 0.15) is 24.9 Å². The summed E-state index contributed by atoms with van der Waals surface area (Å²) in [6.45, 7) is -0.177. The third-order valence-electron chi connectivity index (χ3n) is 4.13. The largest absolute Gasteiger partial charge is 0.465 e. The second-order valence-electron chi connectivity index (χ2n) is 5.73. The molecule has 0 spiro atoms. The monoisotopic (exact) mass is 338 g/mol. The molecule has 3 rings (SSSR count). The number of benzene rings is 1. The number of aliphatic hydroxyl groups is 2. The number of ether oxygens (including phenoxy) is 4. The lowest BCUT2D eigenvalue weighted by Gasteiger charge is -2.35. The first kappa shape index (κ1) is 16.8. The van der Waals surface area contributed by atoms with Gasteiger partial charge >= 0.3 is 11.9 Å². The van der Waals surface area contributed by atoms with E-state index in [0.717, 1.165) is 7.11 Å². The molecular formula is C16H18O8. The first-order valence-corrected chi connectivity index (χ1v) is 7.49. The first-order chi connectivity index (χ1) is 11.4. The number of carbonyl (C=O) groups is 2. The highest BCUT2D eigenvalue weighted by Gasteiger charge is 2.59. The Morgan fingerprint density at radius 2 is 2.04 bits per heavy atom. The number of carbonyl (C=O) groups excluding carboxylic acids is 2. The molecule has 1 aromatic rings. The number of hydrogen-bond donors (Lipinski definition) is 2. The van der Waals surface area contributed by atoms with Crippen molar-refractivity contribution in [3.63, 3.8) is 0 Å². The van der Waals surface area contributed by atoms with Crippen molar-refractivity contribution in [3.05, 3.63) is 35.9 Å². The van der Waals surface area contributed by atoms with E-state index in [9.17, 15) is 19.8 Å². The molecule has 2 bridgehead atoms. The van der Waals surface area contributed by atoms with Crippen molar-refractivity contribution in [1.29, 1.82) is 0 Å². The Labute approximate surface area is 137 Å². The number of fused-ring (bicyclic) bond motifs is 2. The lowest BCUT2D eigenvalue weighted by molar-refractivity contribution is -0.271. The van der Waals surface area contributed by atoms with Gasteiger partial charge in [-0.1, -0.05) is 18.2 Å². The summed E-state index contributed by atoms with van der Waals surface area (Å²) < 4.78 is 20.5. The van der Waals surface area contributed by atoms with Crippen LogP contribution >= 0.6 is 0 Å². The Morgan fingerprint density at radius 3 is 2.71 bits per heavy atom. The van der Waals surface area contributed by atoms with Crippen LogP contribution in [0, 0.1) is 0 Å². The molecule has 5 unspecified atom stereocenters. The van der Waals surface area contributed by atoms with Crippen LogP contribution in [0.2, 0.25) is 0 Å². The van der Waals surface area contributed by atoms with Crippen LogP contribution in [0.4, 0.5) is 0 Å². The van der Waals surface area contributed by atoms with Crippen LogP contribution in [0.15, 0.2) is 30.3 Å². The van der Waals surface area contributed by atoms with Crippen molar-refractivity contribution in [2.24, 2.45) is 0 Å². The molecule has 24 heavy (non-hydrogen) atoms. The Morgan fingerprint density at radius 1 is 1.33 bits per heavy atom. The molecule has 2 heterocycles. The molecule has 0 amide bonds. The first-order valence-electron chi connectivity index (χ1n) is 7.49. The zero-order valence-electron chi connectivity index (χ0n) is 13.0. The van der Waals surface area contributed by atoms with Crippen LogP contribution < -0.4 is 0 Å². The molecule has 0 saturated carbocycles. The molecule has 2 saturated heterocycles. The molecule has 5 atom stereocenters. The van der Waals surface area contributed by atoms with Gasteiger partial charge in [0.2, 0.25) is 0 Å². The van der Waals surface area contributed by atoms with E-state index < -0.39 is 42.1 Å². The summed E-state index contributed by atoms with van der Waals surface area (Å²) in [7, 11) is 1.12. The van der Waals surface area contributed by atoms with Gasteiger partial charge in [-0.15, -0.1) is 0 Å². The number of methoxy groups -OCH3 is 1. The summed E-state index contributed by atoms with van der Waals surface area (Å²) in [5.41, 5.74) is 0.381. The van der Waals surface area contributed by atoms with Crippen LogP contribution in [0.3, 0.4) is 0 Å². The second kappa shape index (κ2) is 6.48. The zero-order valence-corrected chi connectivity index (χ0v) is 13.0. The minimum absolute atomic E-state index is 0.177. The van der Waals surface area contributed by atoms with Crippen LogP contribution in [0.25, 0.3) is 0 Å². The molecule has 130 valence electrons. The molecule has 0 aliphatic carbocycles. The minimum atomic E-state index is -2.18. The lowest BCUT2D eigenvalue weighted by Crippen LogP contribution is -2.56. The fourth-order valence-corrected chi connectivity index (χ4v) is 2.91. The normalized spacial score (nSPS) is 34.6. The molecular weight excluding hydrogens is 320 g/mol. The zero-order chi connectivity index (χ0) is 17.3. The van der Waals surface area contributed by atoms with Crippen molar-refractivity contribution in [2.45, 2.75) is 36.6 Å². The van der Waals surface area contributed by atoms with Crippen LogP contribution in [0.5, 0.6) is 0 Å². The fraction of sp³-hybridized carbons (Fsp3) is 0.500. The maximum Gasteiger partial charge on any atom is 0.366 e. The van der Waals surface area contributed by atoms with E-state index in [-0.39, 0.29) is 13.0 Å². The van der Waals surface area contributed by atoms with Gasteiger partial charge in [0.15, 0.2) is 0 Å². The van der Waals surface area contributed by atoms with E-state index in [4.69, 9.17) is 14.2 Å². The van der Waals surface area contributed by atoms with Gasteiger partial charge in [0.25, 0.3) is 5.79 Å². The lowest BCUT2D eigenvalue weighted by atomic mass is 9.96. The van der Waals surface area contributed by atoms with Gasteiger partial charge in [-0.05, 0) is 12.1 Å². The number of rotatable bonds is 4. The Hall–Kier alpha value is -2.00. The highest BCUT2D eigenvalue weighted by Crippen LogP contribution is 2.38. The maximum atomic E-state index is 12.0. The quantitative estimate of drug-likeness (QED) is 0.715. The predicted molar refractivity (Wildman–Crippen MR) is 77.8 cm³/mol. The van der Waals surface area contributed by atoms with Gasteiger partial charge in [0, 0.05) is 6.42 Å². The fourth-order valence-electron chi connectivity index (χ4n) is 2.91. The second-order valence-corrected chi connectivity index (χ2v) is 5.73. The van der Waals surface area contributed by atoms with Crippen molar-refractivity contribution < 1.29 is 38.7 Å². The van der Waals surface area contributed by atoms with Gasteiger partial charge in [-0.2, -0.15) is 0 Å². The summed E-state index contributed by atoms with van der Waals surface area (Å²) in [5.74, 6) is -3.69.